The molecule has 0 spiro atoms. The smallest absolute Gasteiger partial charge is 0.124 e. The highest BCUT2D eigenvalue weighted by Crippen LogP contribution is 2.31. The Balaban J connectivity index is 1.70. The molecule has 1 aliphatic rings. The molecule has 1 unspecified atom stereocenters. The van der Waals surface area contributed by atoms with Gasteiger partial charge in [0, 0.05) is 12.1 Å². The van der Waals surface area contributed by atoms with Crippen molar-refractivity contribution < 1.29 is 9.37 Å². The monoisotopic (exact) mass is 231 g/mol. The summed E-state index contributed by atoms with van der Waals surface area (Å²) in [5, 5.41) is 11.0. The van der Waals surface area contributed by atoms with Gasteiger partial charge in [0.2, 0.25) is 0 Å². The van der Waals surface area contributed by atoms with Gasteiger partial charge in [-0.15, -0.1) is 0 Å². The second kappa shape index (κ2) is 4.18. The fourth-order valence-electron chi connectivity index (χ4n) is 1.96. The zero-order valence-electron chi connectivity index (χ0n) is 9.51. The molecule has 3 rings (SSSR count). The van der Waals surface area contributed by atoms with E-state index in [4.69, 9.17) is 4.74 Å². The quantitative estimate of drug-likeness (QED) is 0.869. The molecule has 5 heteroatoms. The molecule has 1 aromatic heterocycles. The van der Waals surface area contributed by atoms with Gasteiger partial charge in [-0.05, 0) is 13.0 Å². The van der Waals surface area contributed by atoms with Crippen LogP contribution in [0, 0.1) is 6.92 Å². The lowest BCUT2D eigenvalue weighted by Gasteiger charge is -2.09. The number of para-hydroxylation sites is 1. The Kier molecular flexibility index (Phi) is 2.53. The fraction of sp³-hybridized carbons (Fsp3) is 0.333. The number of nitrogens with zero attached hydrogens (tertiary/aromatic N) is 2. The standard InChI is InChI=1S/C12H13N3O2/c1-8-10(15-17-14-8)6-13-11-7-16-12-5-3-2-4-9(11)12/h2-5,11,13H,6-7H2,1H3. The minimum atomic E-state index is 0.210. The molecule has 0 saturated heterocycles. The number of fused-ring (bicyclic) bond motifs is 1. The predicted molar refractivity (Wildman–Crippen MR) is 60.6 cm³/mol. The van der Waals surface area contributed by atoms with Gasteiger partial charge in [0.05, 0.1) is 6.04 Å². The van der Waals surface area contributed by atoms with Crippen LogP contribution in [-0.4, -0.2) is 16.9 Å². The average Bonchev–Trinajstić information content (AvgIpc) is 2.93. The third kappa shape index (κ3) is 1.89. The van der Waals surface area contributed by atoms with Gasteiger partial charge in [0.25, 0.3) is 0 Å². The second-order valence-corrected chi connectivity index (χ2v) is 4.08. The number of benzene rings is 1. The lowest BCUT2D eigenvalue weighted by Crippen LogP contribution is -2.22. The highest BCUT2D eigenvalue weighted by Gasteiger charge is 2.23. The molecule has 17 heavy (non-hydrogen) atoms. The summed E-state index contributed by atoms with van der Waals surface area (Å²) in [6, 6.07) is 8.27. The Labute approximate surface area is 98.7 Å². The Morgan fingerprint density at radius 2 is 2.24 bits per heavy atom. The van der Waals surface area contributed by atoms with Crippen molar-refractivity contribution in [1.29, 1.82) is 0 Å². The van der Waals surface area contributed by atoms with Crippen LogP contribution < -0.4 is 10.1 Å². The summed E-state index contributed by atoms with van der Waals surface area (Å²) in [7, 11) is 0. The number of rotatable bonds is 3. The highest BCUT2D eigenvalue weighted by molar-refractivity contribution is 5.39. The van der Waals surface area contributed by atoms with Gasteiger partial charge in [-0.1, -0.05) is 28.5 Å². The van der Waals surface area contributed by atoms with E-state index in [0.29, 0.717) is 13.2 Å². The van der Waals surface area contributed by atoms with E-state index in [9.17, 15) is 0 Å². The topological polar surface area (TPSA) is 60.2 Å². The van der Waals surface area contributed by atoms with Gasteiger partial charge < -0.3 is 10.1 Å². The molecule has 2 aromatic rings. The Morgan fingerprint density at radius 3 is 3.06 bits per heavy atom. The maximum Gasteiger partial charge on any atom is 0.124 e. The summed E-state index contributed by atoms with van der Waals surface area (Å²) in [6.07, 6.45) is 0. The maximum absolute atomic E-state index is 5.59. The average molecular weight is 231 g/mol. The number of hydrogen-bond acceptors (Lipinski definition) is 5. The molecular weight excluding hydrogens is 218 g/mol. The van der Waals surface area contributed by atoms with E-state index in [2.05, 4.69) is 26.3 Å². The van der Waals surface area contributed by atoms with Crippen molar-refractivity contribution in [2.24, 2.45) is 0 Å². The van der Waals surface area contributed by atoms with Gasteiger partial charge >= 0.3 is 0 Å². The highest BCUT2D eigenvalue weighted by atomic mass is 16.6. The fourth-order valence-corrected chi connectivity index (χ4v) is 1.96. The summed E-state index contributed by atoms with van der Waals surface area (Å²) in [4.78, 5) is 0. The molecule has 1 aliphatic heterocycles. The number of aryl methyl sites for hydroxylation is 1. The van der Waals surface area contributed by atoms with Crippen LogP contribution >= 0.6 is 0 Å². The van der Waals surface area contributed by atoms with Crippen LogP contribution in [0.5, 0.6) is 5.75 Å². The van der Waals surface area contributed by atoms with E-state index >= 15 is 0 Å². The van der Waals surface area contributed by atoms with E-state index in [1.165, 1.54) is 5.56 Å². The maximum atomic E-state index is 5.59. The number of ether oxygens (including phenoxy) is 1. The van der Waals surface area contributed by atoms with E-state index in [1.54, 1.807) is 0 Å². The molecule has 0 saturated carbocycles. The number of nitrogens with one attached hydrogen (secondary N) is 1. The van der Waals surface area contributed by atoms with E-state index in [1.807, 2.05) is 25.1 Å². The molecular formula is C12H13N3O2. The predicted octanol–water partition coefficient (Wildman–Crippen LogP) is 1.60. The molecule has 1 aromatic carbocycles. The minimum Gasteiger partial charge on any atom is -0.491 e. The lowest BCUT2D eigenvalue weighted by molar-refractivity contribution is 0.294. The third-order valence-corrected chi connectivity index (χ3v) is 2.96. The van der Waals surface area contributed by atoms with Gasteiger partial charge in [0.15, 0.2) is 0 Å². The largest absolute Gasteiger partial charge is 0.491 e. The molecule has 0 radical (unpaired) electrons. The van der Waals surface area contributed by atoms with E-state index in [-0.39, 0.29) is 6.04 Å². The Bertz CT molecular complexity index is 524. The van der Waals surface area contributed by atoms with Crippen molar-refractivity contribution >= 4 is 0 Å². The first-order chi connectivity index (χ1) is 8.34. The van der Waals surface area contributed by atoms with Crippen LogP contribution in [-0.2, 0) is 6.54 Å². The van der Waals surface area contributed by atoms with Crippen molar-refractivity contribution in [3.05, 3.63) is 41.2 Å². The number of hydrogen-bond donors (Lipinski definition) is 1. The Morgan fingerprint density at radius 1 is 1.35 bits per heavy atom. The molecule has 1 atom stereocenters. The van der Waals surface area contributed by atoms with Crippen molar-refractivity contribution in [2.75, 3.05) is 6.61 Å². The first-order valence-electron chi connectivity index (χ1n) is 5.58. The SMILES string of the molecule is Cc1nonc1CNC1COc2ccccc21. The van der Waals surface area contributed by atoms with Crippen molar-refractivity contribution in [3.63, 3.8) is 0 Å². The van der Waals surface area contributed by atoms with Crippen molar-refractivity contribution in [1.82, 2.24) is 15.6 Å². The van der Waals surface area contributed by atoms with Gasteiger partial charge in [-0.25, -0.2) is 4.63 Å². The molecule has 0 aliphatic carbocycles. The van der Waals surface area contributed by atoms with Crippen molar-refractivity contribution in [2.45, 2.75) is 19.5 Å². The zero-order valence-corrected chi connectivity index (χ0v) is 9.51. The zero-order chi connectivity index (χ0) is 11.7. The summed E-state index contributed by atoms with van der Waals surface area (Å²) in [5.74, 6) is 0.958. The molecule has 0 fully saturated rings. The Hall–Kier alpha value is -1.88. The first kappa shape index (κ1) is 10.3. The summed E-state index contributed by atoms with van der Waals surface area (Å²) < 4.78 is 10.2. The first-order valence-corrected chi connectivity index (χ1v) is 5.58. The molecule has 5 nitrogen and oxygen atoms in total. The number of aromatic nitrogens is 2. The van der Waals surface area contributed by atoms with Gasteiger partial charge in [-0.2, -0.15) is 0 Å². The summed E-state index contributed by atoms with van der Waals surface area (Å²) >= 11 is 0. The molecule has 2 heterocycles. The van der Waals surface area contributed by atoms with Crippen LogP contribution in [0.4, 0.5) is 0 Å². The molecule has 88 valence electrons. The normalized spacial score (nSPS) is 17.8. The van der Waals surface area contributed by atoms with Crippen LogP contribution in [0.25, 0.3) is 0 Å². The second-order valence-electron chi connectivity index (χ2n) is 4.08. The minimum absolute atomic E-state index is 0.210. The summed E-state index contributed by atoms with van der Waals surface area (Å²) in [6.45, 7) is 3.17. The third-order valence-electron chi connectivity index (χ3n) is 2.96. The van der Waals surface area contributed by atoms with Gasteiger partial charge in [0.1, 0.15) is 23.7 Å². The lowest BCUT2D eigenvalue weighted by atomic mass is 10.1. The van der Waals surface area contributed by atoms with Crippen LogP contribution in [0.3, 0.4) is 0 Å². The van der Waals surface area contributed by atoms with Gasteiger partial charge in [-0.3, -0.25) is 0 Å². The molecule has 1 N–H and O–H groups in total. The van der Waals surface area contributed by atoms with E-state index in [0.717, 1.165) is 17.1 Å². The van der Waals surface area contributed by atoms with Crippen LogP contribution in [0.2, 0.25) is 0 Å². The van der Waals surface area contributed by atoms with Crippen molar-refractivity contribution in [3.8, 4) is 5.75 Å². The van der Waals surface area contributed by atoms with Crippen LogP contribution in [0.1, 0.15) is 23.0 Å². The summed E-state index contributed by atoms with van der Waals surface area (Å²) in [5.41, 5.74) is 2.86. The molecule has 0 bridgehead atoms. The van der Waals surface area contributed by atoms with E-state index < -0.39 is 0 Å². The molecule has 0 amide bonds. The van der Waals surface area contributed by atoms with Crippen LogP contribution in [0.15, 0.2) is 28.9 Å².